The van der Waals surface area contributed by atoms with E-state index in [0.717, 1.165) is 16.7 Å². The molecule has 94 valence electrons. The van der Waals surface area contributed by atoms with Crippen molar-refractivity contribution < 1.29 is 13.5 Å². The monoisotopic (exact) mass is 251 g/mol. The lowest BCUT2D eigenvalue weighted by Crippen LogP contribution is -2.53. The van der Waals surface area contributed by atoms with E-state index in [1.165, 1.54) is 6.33 Å². The number of para-hydroxylation sites is 1. The molecule has 0 aliphatic carbocycles. The molecule has 1 aromatic heterocycles. The molecule has 1 saturated heterocycles. The predicted octanol–water partition coefficient (Wildman–Crippen LogP) is 2.06. The largest absolute Gasteiger partial charge is 0.351 e. The maximum atomic E-state index is 12.0. The van der Waals surface area contributed by atoms with Gasteiger partial charge in [0.15, 0.2) is 0 Å². The van der Waals surface area contributed by atoms with Gasteiger partial charge in [-0.25, -0.2) is 9.97 Å². The molecule has 0 saturated carbocycles. The van der Waals surface area contributed by atoms with Crippen molar-refractivity contribution in [3.63, 3.8) is 0 Å². The Morgan fingerprint density at radius 1 is 1.22 bits per heavy atom. The summed E-state index contributed by atoms with van der Waals surface area (Å²) in [7, 11) is 0. The summed E-state index contributed by atoms with van der Waals surface area (Å²) in [5, 5.41) is 0.926. The molecule has 4 nitrogen and oxygen atoms in total. The number of ether oxygens (including phenoxy) is 1. The first-order valence-electron chi connectivity index (χ1n) is 5.62. The molecule has 0 amide bonds. The van der Waals surface area contributed by atoms with Crippen LogP contribution in [-0.4, -0.2) is 35.8 Å². The van der Waals surface area contributed by atoms with Crippen LogP contribution in [0, 0.1) is 0 Å². The number of rotatable bonds is 3. The zero-order valence-corrected chi connectivity index (χ0v) is 9.46. The van der Waals surface area contributed by atoms with E-state index in [-0.39, 0.29) is 0 Å². The molecule has 1 aliphatic heterocycles. The molecule has 2 heterocycles. The van der Waals surface area contributed by atoms with E-state index >= 15 is 0 Å². The number of alkyl halides is 2. The Balaban J connectivity index is 1.80. The Morgan fingerprint density at radius 3 is 2.78 bits per heavy atom. The number of aromatic nitrogens is 2. The number of benzene rings is 1. The topological polar surface area (TPSA) is 38.2 Å². The number of fused-ring (bicyclic) bond motifs is 1. The normalized spacial score (nSPS) is 16.3. The van der Waals surface area contributed by atoms with Crippen LogP contribution in [0.25, 0.3) is 10.9 Å². The molecule has 0 bridgehead atoms. The van der Waals surface area contributed by atoms with Gasteiger partial charge in [-0.05, 0) is 12.1 Å². The van der Waals surface area contributed by atoms with Crippen LogP contribution in [-0.2, 0) is 4.74 Å². The molecule has 1 aliphatic rings. The molecule has 18 heavy (non-hydrogen) atoms. The second-order valence-electron chi connectivity index (χ2n) is 4.14. The number of halogens is 2. The molecule has 1 fully saturated rings. The standard InChI is InChI=1S/C12H11F2N3O/c13-12(14)18-8-5-17(6-8)11-9-3-1-2-4-10(9)15-7-16-11/h1-4,7-8,12H,5-6H2. The average molecular weight is 251 g/mol. The minimum atomic E-state index is -2.71. The SMILES string of the molecule is FC(F)OC1CN(c2ncnc3ccccc23)C1. The Labute approximate surface area is 102 Å². The van der Waals surface area contributed by atoms with E-state index in [9.17, 15) is 8.78 Å². The average Bonchev–Trinajstić information content (AvgIpc) is 2.32. The molecule has 3 rings (SSSR count). The molecule has 2 aromatic rings. The van der Waals surface area contributed by atoms with E-state index in [2.05, 4.69) is 14.7 Å². The maximum Gasteiger partial charge on any atom is 0.345 e. The van der Waals surface area contributed by atoms with Gasteiger partial charge in [0.25, 0.3) is 0 Å². The fraction of sp³-hybridized carbons (Fsp3) is 0.333. The van der Waals surface area contributed by atoms with Crippen LogP contribution in [0.2, 0.25) is 0 Å². The second kappa shape index (κ2) is 4.45. The van der Waals surface area contributed by atoms with Gasteiger partial charge in [-0.3, -0.25) is 0 Å². The molecule has 0 N–H and O–H groups in total. The van der Waals surface area contributed by atoms with E-state index in [4.69, 9.17) is 0 Å². The quantitative estimate of drug-likeness (QED) is 0.837. The van der Waals surface area contributed by atoms with Crippen LogP contribution in [0.15, 0.2) is 30.6 Å². The Bertz CT molecular complexity index is 553. The molecule has 0 unspecified atom stereocenters. The fourth-order valence-electron chi connectivity index (χ4n) is 2.09. The lowest BCUT2D eigenvalue weighted by molar-refractivity contribution is -0.167. The van der Waals surface area contributed by atoms with Crippen LogP contribution < -0.4 is 4.90 Å². The molecule has 0 atom stereocenters. The zero-order chi connectivity index (χ0) is 12.5. The van der Waals surface area contributed by atoms with Crippen LogP contribution in [0.5, 0.6) is 0 Å². The molecular weight excluding hydrogens is 240 g/mol. The van der Waals surface area contributed by atoms with Crippen LogP contribution in [0.3, 0.4) is 0 Å². The van der Waals surface area contributed by atoms with Gasteiger partial charge in [0.1, 0.15) is 12.1 Å². The van der Waals surface area contributed by atoms with Gasteiger partial charge in [0, 0.05) is 18.5 Å². The molecule has 0 spiro atoms. The third-order valence-corrected chi connectivity index (χ3v) is 2.96. The van der Waals surface area contributed by atoms with Gasteiger partial charge in [-0.2, -0.15) is 8.78 Å². The summed E-state index contributed by atoms with van der Waals surface area (Å²) in [6.07, 6.45) is 1.07. The Kier molecular flexibility index (Phi) is 2.79. The molecule has 0 radical (unpaired) electrons. The number of anilines is 1. The summed E-state index contributed by atoms with van der Waals surface area (Å²) in [4.78, 5) is 10.3. The van der Waals surface area contributed by atoms with Gasteiger partial charge in [-0.15, -0.1) is 0 Å². The number of hydrogen-bond acceptors (Lipinski definition) is 4. The van der Waals surface area contributed by atoms with Gasteiger partial charge in [0.2, 0.25) is 0 Å². The molecule has 6 heteroatoms. The summed E-state index contributed by atoms with van der Waals surface area (Å²) in [5.74, 6) is 0.773. The van der Waals surface area contributed by atoms with Crippen molar-refractivity contribution in [2.24, 2.45) is 0 Å². The summed E-state index contributed by atoms with van der Waals surface area (Å²) < 4.78 is 28.5. The highest BCUT2D eigenvalue weighted by Gasteiger charge is 2.31. The maximum absolute atomic E-state index is 12.0. The van der Waals surface area contributed by atoms with Crippen molar-refractivity contribution >= 4 is 16.7 Å². The highest BCUT2D eigenvalue weighted by atomic mass is 19.3. The minimum absolute atomic E-state index is 0.418. The summed E-state index contributed by atoms with van der Waals surface area (Å²) in [5.41, 5.74) is 0.848. The Morgan fingerprint density at radius 2 is 2.00 bits per heavy atom. The number of nitrogens with zero attached hydrogens (tertiary/aromatic N) is 3. The van der Waals surface area contributed by atoms with Gasteiger partial charge in [0.05, 0.1) is 11.6 Å². The van der Waals surface area contributed by atoms with Crippen molar-refractivity contribution in [3.8, 4) is 0 Å². The Hall–Kier alpha value is -1.82. The summed E-state index contributed by atoms with van der Waals surface area (Å²) in [6.45, 7) is -1.84. The van der Waals surface area contributed by atoms with Crippen LogP contribution in [0.4, 0.5) is 14.6 Å². The third kappa shape index (κ3) is 1.99. The van der Waals surface area contributed by atoms with E-state index in [1.54, 1.807) is 0 Å². The van der Waals surface area contributed by atoms with E-state index < -0.39 is 12.7 Å². The summed E-state index contributed by atoms with van der Waals surface area (Å²) >= 11 is 0. The highest BCUT2D eigenvalue weighted by Crippen LogP contribution is 2.27. The van der Waals surface area contributed by atoms with Gasteiger partial charge in [-0.1, -0.05) is 12.1 Å². The first-order chi connectivity index (χ1) is 8.74. The van der Waals surface area contributed by atoms with Crippen LogP contribution >= 0.6 is 0 Å². The van der Waals surface area contributed by atoms with Crippen molar-refractivity contribution in [1.29, 1.82) is 0 Å². The van der Waals surface area contributed by atoms with Crippen molar-refractivity contribution in [2.45, 2.75) is 12.7 Å². The molecule has 1 aromatic carbocycles. The van der Waals surface area contributed by atoms with E-state index in [0.29, 0.717) is 13.1 Å². The van der Waals surface area contributed by atoms with Crippen molar-refractivity contribution in [3.05, 3.63) is 30.6 Å². The second-order valence-corrected chi connectivity index (χ2v) is 4.14. The fourth-order valence-corrected chi connectivity index (χ4v) is 2.09. The first kappa shape index (κ1) is 11.3. The lowest BCUT2D eigenvalue weighted by Gasteiger charge is -2.39. The van der Waals surface area contributed by atoms with E-state index in [1.807, 2.05) is 29.2 Å². The number of hydrogen-bond donors (Lipinski definition) is 0. The highest BCUT2D eigenvalue weighted by molar-refractivity contribution is 5.89. The predicted molar refractivity (Wildman–Crippen MR) is 62.6 cm³/mol. The summed E-state index contributed by atoms with van der Waals surface area (Å²) in [6, 6.07) is 7.62. The van der Waals surface area contributed by atoms with Gasteiger partial charge >= 0.3 is 6.61 Å². The zero-order valence-electron chi connectivity index (χ0n) is 9.46. The van der Waals surface area contributed by atoms with Gasteiger partial charge < -0.3 is 9.64 Å². The first-order valence-corrected chi connectivity index (χ1v) is 5.62. The smallest absolute Gasteiger partial charge is 0.345 e. The van der Waals surface area contributed by atoms with Crippen LogP contribution in [0.1, 0.15) is 0 Å². The minimum Gasteiger partial charge on any atom is -0.351 e. The van der Waals surface area contributed by atoms with Crippen molar-refractivity contribution in [1.82, 2.24) is 9.97 Å². The third-order valence-electron chi connectivity index (χ3n) is 2.96. The molecular formula is C12H11F2N3O. The lowest BCUT2D eigenvalue weighted by atomic mass is 10.1. The van der Waals surface area contributed by atoms with Crippen molar-refractivity contribution in [2.75, 3.05) is 18.0 Å².